The summed E-state index contributed by atoms with van der Waals surface area (Å²) in [6.45, 7) is 0. The van der Waals surface area contributed by atoms with Gasteiger partial charge in [-0.05, 0) is 18.6 Å². The quantitative estimate of drug-likeness (QED) is 0.722. The minimum atomic E-state index is -3.03. The van der Waals surface area contributed by atoms with Gasteiger partial charge < -0.3 is 10.2 Å². The van der Waals surface area contributed by atoms with Crippen LogP contribution in [-0.4, -0.2) is 59.8 Å². The van der Waals surface area contributed by atoms with E-state index in [0.29, 0.717) is 21.6 Å². The molecule has 11 heteroatoms. The van der Waals surface area contributed by atoms with E-state index in [0.717, 1.165) is 0 Å². The predicted octanol–water partition coefficient (Wildman–Crippen LogP) is 2.16. The SMILES string of the molecule is CN(C(=O)CSc1nnc(Nc2ccccc2F)s1)[C@@H]1CCS(=O)(=O)C1. The molecule has 1 N–H and O–H groups in total. The number of hydrogen-bond donors (Lipinski definition) is 1. The Bertz CT molecular complexity index is 903. The zero-order chi connectivity index (χ0) is 18.7. The Balaban J connectivity index is 1.53. The van der Waals surface area contributed by atoms with Crippen molar-refractivity contribution in [2.45, 2.75) is 16.8 Å². The fourth-order valence-corrected chi connectivity index (χ4v) is 5.97. The average Bonchev–Trinajstić information content (AvgIpc) is 3.20. The Morgan fingerprint density at radius 3 is 2.88 bits per heavy atom. The van der Waals surface area contributed by atoms with E-state index >= 15 is 0 Å². The molecule has 0 spiro atoms. The van der Waals surface area contributed by atoms with E-state index in [1.165, 1.54) is 34.1 Å². The number of amides is 1. The second kappa shape index (κ2) is 7.89. The van der Waals surface area contributed by atoms with Crippen LogP contribution in [-0.2, 0) is 14.6 Å². The van der Waals surface area contributed by atoms with Crippen molar-refractivity contribution < 1.29 is 17.6 Å². The minimum Gasteiger partial charge on any atom is -0.341 e. The lowest BCUT2D eigenvalue weighted by Gasteiger charge is -2.22. The van der Waals surface area contributed by atoms with Crippen LogP contribution in [0, 0.1) is 5.82 Å². The highest BCUT2D eigenvalue weighted by Gasteiger charge is 2.32. The number of sulfone groups is 1. The monoisotopic (exact) mass is 416 g/mol. The number of benzene rings is 1. The number of nitrogens with one attached hydrogen (secondary N) is 1. The molecule has 140 valence electrons. The highest BCUT2D eigenvalue weighted by molar-refractivity contribution is 8.01. The molecule has 2 aromatic rings. The van der Waals surface area contributed by atoms with Gasteiger partial charge in [-0.25, -0.2) is 12.8 Å². The normalized spacial score (nSPS) is 18.6. The summed E-state index contributed by atoms with van der Waals surface area (Å²) in [6.07, 6.45) is 0.477. The van der Waals surface area contributed by atoms with Gasteiger partial charge in [0, 0.05) is 13.1 Å². The van der Waals surface area contributed by atoms with E-state index in [2.05, 4.69) is 15.5 Å². The van der Waals surface area contributed by atoms with E-state index in [1.54, 1.807) is 25.2 Å². The minimum absolute atomic E-state index is 0.0232. The molecule has 1 atom stereocenters. The van der Waals surface area contributed by atoms with Crippen molar-refractivity contribution in [3.63, 3.8) is 0 Å². The summed E-state index contributed by atoms with van der Waals surface area (Å²) in [5, 5.41) is 11.2. The number of carbonyl (C=O) groups excluding carboxylic acids is 1. The van der Waals surface area contributed by atoms with E-state index in [1.807, 2.05) is 0 Å². The Kier molecular flexibility index (Phi) is 5.78. The Labute approximate surface area is 158 Å². The van der Waals surface area contributed by atoms with Crippen LogP contribution >= 0.6 is 23.1 Å². The zero-order valence-electron chi connectivity index (χ0n) is 13.9. The van der Waals surface area contributed by atoms with Crippen molar-refractivity contribution in [3.8, 4) is 0 Å². The number of carbonyl (C=O) groups is 1. The second-order valence-electron chi connectivity index (χ2n) is 5.83. The van der Waals surface area contributed by atoms with Crippen LogP contribution in [0.2, 0.25) is 0 Å². The largest absolute Gasteiger partial charge is 0.341 e. The third-order valence-electron chi connectivity index (χ3n) is 3.99. The molecule has 0 unspecified atom stereocenters. The smallest absolute Gasteiger partial charge is 0.233 e. The van der Waals surface area contributed by atoms with Crippen LogP contribution in [0.3, 0.4) is 0 Å². The van der Waals surface area contributed by atoms with Gasteiger partial charge in [0.1, 0.15) is 5.82 Å². The molecule has 1 saturated heterocycles. The van der Waals surface area contributed by atoms with Gasteiger partial charge in [0.25, 0.3) is 0 Å². The van der Waals surface area contributed by atoms with Gasteiger partial charge in [-0.15, -0.1) is 10.2 Å². The zero-order valence-corrected chi connectivity index (χ0v) is 16.3. The maximum Gasteiger partial charge on any atom is 0.233 e. The molecular weight excluding hydrogens is 399 g/mol. The number of para-hydroxylation sites is 1. The molecule has 1 aromatic heterocycles. The van der Waals surface area contributed by atoms with Crippen LogP contribution in [0.1, 0.15) is 6.42 Å². The number of hydrogen-bond acceptors (Lipinski definition) is 8. The number of thioether (sulfide) groups is 1. The van der Waals surface area contributed by atoms with Crippen LogP contribution in [0.25, 0.3) is 0 Å². The average molecular weight is 417 g/mol. The highest BCUT2D eigenvalue weighted by atomic mass is 32.2. The first kappa shape index (κ1) is 19.1. The van der Waals surface area contributed by atoms with Gasteiger partial charge in [0.05, 0.1) is 22.9 Å². The Morgan fingerprint density at radius 2 is 2.19 bits per heavy atom. The summed E-state index contributed by atoms with van der Waals surface area (Å²) in [5.74, 6) is -0.253. The van der Waals surface area contributed by atoms with Crippen LogP contribution < -0.4 is 5.32 Å². The van der Waals surface area contributed by atoms with E-state index in [-0.39, 0.29) is 35.0 Å². The van der Waals surface area contributed by atoms with E-state index in [9.17, 15) is 17.6 Å². The second-order valence-corrected chi connectivity index (χ2v) is 10.3. The molecule has 1 amide bonds. The third-order valence-corrected chi connectivity index (χ3v) is 7.70. The number of aromatic nitrogens is 2. The van der Waals surface area contributed by atoms with Crippen LogP contribution in [0.4, 0.5) is 15.2 Å². The van der Waals surface area contributed by atoms with E-state index < -0.39 is 9.84 Å². The lowest BCUT2D eigenvalue weighted by molar-refractivity contribution is -0.128. The van der Waals surface area contributed by atoms with Crippen molar-refractivity contribution >= 4 is 49.7 Å². The molecule has 7 nitrogen and oxygen atoms in total. The predicted molar refractivity (Wildman–Crippen MR) is 100 cm³/mol. The fraction of sp³-hybridized carbons (Fsp3) is 0.400. The third kappa shape index (κ3) is 4.71. The number of anilines is 2. The molecule has 3 rings (SSSR count). The van der Waals surface area contributed by atoms with Crippen molar-refractivity contribution in [2.75, 3.05) is 29.6 Å². The summed E-state index contributed by atoms with van der Waals surface area (Å²) in [5.41, 5.74) is 0.304. The lowest BCUT2D eigenvalue weighted by atomic mass is 10.2. The number of rotatable bonds is 6. The molecule has 1 aliphatic heterocycles. The fourth-order valence-electron chi connectivity index (χ4n) is 2.51. The van der Waals surface area contributed by atoms with Gasteiger partial charge >= 0.3 is 0 Å². The Morgan fingerprint density at radius 1 is 1.42 bits per heavy atom. The first-order valence-electron chi connectivity index (χ1n) is 7.78. The Hall–Kier alpha value is -1.72. The first-order valence-corrected chi connectivity index (χ1v) is 11.4. The summed E-state index contributed by atoms with van der Waals surface area (Å²) < 4.78 is 37.3. The van der Waals surface area contributed by atoms with Gasteiger partial charge in [-0.3, -0.25) is 4.79 Å². The van der Waals surface area contributed by atoms with Gasteiger partial charge in [-0.2, -0.15) is 0 Å². The molecular formula is C15H17FN4O3S3. The van der Waals surface area contributed by atoms with Gasteiger partial charge in [-0.1, -0.05) is 35.2 Å². The standard InChI is InChI=1S/C15H17FN4O3S3/c1-20(10-6-7-26(22,23)9-10)13(21)8-24-15-19-18-14(25-15)17-12-5-3-2-4-11(12)16/h2-5,10H,6-9H2,1H3,(H,17,18)/t10-/m1/s1. The maximum absolute atomic E-state index is 13.6. The van der Waals surface area contributed by atoms with Crippen molar-refractivity contribution in [1.82, 2.24) is 15.1 Å². The van der Waals surface area contributed by atoms with Crippen molar-refractivity contribution in [1.29, 1.82) is 0 Å². The number of halogens is 1. The molecule has 2 heterocycles. The molecule has 0 radical (unpaired) electrons. The van der Waals surface area contributed by atoms with Gasteiger partial charge in [0.15, 0.2) is 14.2 Å². The lowest BCUT2D eigenvalue weighted by Crippen LogP contribution is -2.38. The van der Waals surface area contributed by atoms with Crippen molar-refractivity contribution in [2.24, 2.45) is 0 Å². The molecule has 0 bridgehead atoms. The number of nitrogens with zero attached hydrogens (tertiary/aromatic N) is 3. The summed E-state index contributed by atoms with van der Waals surface area (Å²) >= 11 is 2.44. The molecule has 1 fully saturated rings. The molecule has 26 heavy (non-hydrogen) atoms. The van der Waals surface area contributed by atoms with E-state index in [4.69, 9.17) is 0 Å². The summed E-state index contributed by atoms with van der Waals surface area (Å²) in [7, 11) is -1.41. The van der Waals surface area contributed by atoms with Gasteiger partial charge in [0.2, 0.25) is 11.0 Å². The summed E-state index contributed by atoms with van der Waals surface area (Å²) in [6, 6.07) is 5.98. The van der Waals surface area contributed by atoms with Crippen LogP contribution in [0.5, 0.6) is 0 Å². The molecule has 0 saturated carbocycles. The van der Waals surface area contributed by atoms with Crippen molar-refractivity contribution in [3.05, 3.63) is 30.1 Å². The molecule has 0 aliphatic carbocycles. The molecule has 1 aromatic carbocycles. The molecule has 1 aliphatic rings. The first-order chi connectivity index (χ1) is 12.3. The van der Waals surface area contributed by atoms with Crippen LogP contribution in [0.15, 0.2) is 28.6 Å². The highest BCUT2D eigenvalue weighted by Crippen LogP contribution is 2.29. The topological polar surface area (TPSA) is 92.3 Å². The summed E-state index contributed by atoms with van der Waals surface area (Å²) in [4.78, 5) is 13.8. The maximum atomic E-state index is 13.6.